The van der Waals surface area contributed by atoms with Gasteiger partial charge in [0.1, 0.15) is 0 Å². The third-order valence-electron chi connectivity index (χ3n) is 3.28. The molecule has 0 bridgehead atoms. The number of rotatable bonds is 6. The fourth-order valence-electron chi connectivity index (χ4n) is 2.01. The summed E-state index contributed by atoms with van der Waals surface area (Å²) in [5.74, 6) is -2.78. The lowest BCUT2D eigenvalue weighted by molar-refractivity contribution is -0.121. The molecule has 1 atom stereocenters. The molecular formula is C16H16F2N2O2S. The van der Waals surface area contributed by atoms with Crippen molar-refractivity contribution in [2.75, 3.05) is 0 Å². The molecule has 0 spiro atoms. The number of halogens is 2. The summed E-state index contributed by atoms with van der Waals surface area (Å²) in [4.78, 5) is 28.0. The minimum absolute atomic E-state index is 0.0225. The van der Waals surface area contributed by atoms with Crippen molar-refractivity contribution in [2.45, 2.75) is 32.7 Å². The minimum atomic E-state index is -1.08. The Balaban J connectivity index is 1.86. The van der Waals surface area contributed by atoms with Gasteiger partial charge in [0.2, 0.25) is 5.91 Å². The summed E-state index contributed by atoms with van der Waals surface area (Å²) >= 11 is 1.50. The Hall–Kier alpha value is -2.15. The van der Waals surface area contributed by atoms with Gasteiger partial charge in [-0.3, -0.25) is 9.59 Å². The van der Waals surface area contributed by atoms with Crippen molar-refractivity contribution in [3.05, 3.63) is 51.5 Å². The smallest absolute Gasteiger partial charge is 0.220 e. The minimum Gasteiger partial charge on any atom is -0.348 e. The van der Waals surface area contributed by atoms with Crippen LogP contribution in [0.2, 0.25) is 0 Å². The van der Waals surface area contributed by atoms with Crippen LogP contribution in [0.25, 0.3) is 0 Å². The second-order valence-corrected chi connectivity index (χ2v) is 6.19. The predicted molar refractivity (Wildman–Crippen MR) is 83.3 cm³/mol. The number of nitrogens with zero attached hydrogens (tertiary/aromatic N) is 1. The van der Waals surface area contributed by atoms with E-state index >= 15 is 0 Å². The first-order valence-electron chi connectivity index (χ1n) is 7.06. The van der Waals surface area contributed by atoms with Crippen LogP contribution < -0.4 is 5.32 Å². The molecule has 1 aromatic carbocycles. The molecule has 0 saturated heterocycles. The first kappa shape index (κ1) is 17.2. The number of hydrogen-bond donors (Lipinski definition) is 1. The van der Waals surface area contributed by atoms with Gasteiger partial charge in [0.25, 0.3) is 0 Å². The average molecular weight is 338 g/mol. The highest BCUT2D eigenvalue weighted by Crippen LogP contribution is 2.16. The number of carbonyl (C=O) groups excluding carboxylic acids is 2. The normalized spacial score (nSPS) is 12.0. The lowest BCUT2D eigenvalue weighted by Crippen LogP contribution is -2.27. The highest BCUT2D eigenvalue weighted by atomic mass is 32.1. The van der Waals surface area contributed by atoms with E-state index < -0.39 is 17.4 Å². The maximum absolute atomic E-state index is 13.1. The van der Waals surface area contributed by atoms with Crippen molar-refractivity contribution in [1.82, 2.24) is 10.3 Å². The van der Waals surface area contributed by atoms with Crippen LogP contribution in [0.5, 0.6) is 0 Å². The van der Waals surface area contributed by atoms with Crippen LogP contribution in [0.15, 0.2) is 23.6 Å². The van der Waals surface area contributed by atoms with E-state index in [9.17, 15) is 18.4 Å². The SMILES string of the molecule is Cc1nc([C@@H](C)NC(=O)CCC(=O)c2ccc(F)c(F)c2)cs1. The molecule has 0 fully saturated rings. The summed E-state index contributed by atoms with van der Waals surface area (Å²) in [6.07, 6.45) is -0.0923. The molecule has 1 N–H and O–H groups in total. The van der Waals surface area contributed by atoms with E-state index in [1.807, 2.05) is 19.2 Å². The van der Waals surface area contributed by atoms with E-state index in [2.05, 4.69) is 10.3 Å². The molecule has 1 heterocycles. The van der Waals surface area contributed by atoms with Crippen LogP contribution in [0.3, 0.4) is 0 Å². The zero-order valence-electron chi connectivity index (χ0n) is 12.7. The molecule has 1 amide bonds. The molecule has 0 saturated carbocycles. The van der Waals surface area contributed by atoms with Crippen molar-refractivity contribution >= 4 is 23.0 Å². The summed E-state index contributed by atoms with van der Waals surface area (Å²) in [7, 11) is 0. The molecule has 7 heteroatoms. The molecule has 2 aromatic rings. The zero-order chi connectivity index (χ0) is 17.0. The van der Waals surface area contributed by atoms with Gasteiger partial charge in [0, 0.05) is 23.8 Å². The fourth-order valence-corrected chi connectivity index (χ4v) is 2.71. The Morgan fingerprint density at radius 3 is 2.61 bits per heavy atom. The molecule has 1 aromatic heterocycles. The monoisotopic (exact) mass is 338 g/mol. The molecule has 0 aliphatic heterocycles. The van der Waals surface area contributed by atoms with Crippen LogP contribution in [0, 0.1) is 18.6 Å². The Morgan fingerprint density at radius 1 is 1.26 bits per heavy atom. The summed E-state index contributed by atoms with van der Waals surface area (Å²) in [5.41, 5.74) is 0.827. The Kier molecular flexibility index (Phi) is 5.54. The van der Waals surface area contributed by atoms with E-state index in [1.165, 1.54) is 17.4 Å². The molecule has 0 radical (unpaired) electrons. The number of hydrogen-bond acceptors (Lipinski definition) is 4. The fraction of sp³-hybridized carbons (Fsp3) is 0.312. The predicted octanol–water partition coefficient (Wildman–Crippen LogP) is 3.57. The standard InChI is InChI=1S/C16H16F2N2O2S/c1-9(14-8-23-10(2)20-14)19-16(22)6-5-15(21)11-3-4-12(17)13(18)7-11/h3-4,7-9H,5-6H2,1-2H3,(H,19,22)/t9-/m1/s1. The lowest BCUT2D eigenvalue weighted by Gasteiger charge is -2.11. The van der Waals surface area contributed by atoms with E-state index in [4.69, 9.17) is 0 Å². The topological polar surface area (TPSA) is 59.1 Å². The summed E-state index contributed by atoms with van der Waals surface area (Å²) in [5, 5.41) is 5.54. The molecule has 23 heavy (non-hydrogen) atoms. The molecule has 0 unspecified atom stereocenters. The number of Topliss-reactive ketones (excluding diaryl/α,β-unsaturated/α-hetero) is 1. The number of aromatic nitrogens is 1. The molecule has 2 rings (SSSR count). The van der Waals surface area contributed by atoms with Gasteiger partial charge < -0.3 is 5.32 Å². The molecule has 4 nitrogen and oxygen atoms in total. The largest absolute Gasteiger partial charge is 0.348 e. The number of thiazole rings is 1. The second kappa shape index (κ2) is 7.41. The first-order chi connectivity index (χ1) is 10.9. The molecule has 122 valence electrons. The zero-order valence-corrected chi connectivity index (χ0v) is 13.5. The van der Waals surface area contributed by atoms with Crippen LogP contribution in [-0.4, -0.2) is 16.7 Å². The Bertz CT molecular complexity index is 731. The number of benzene rings is 1. The quantitative estimate of drug-likeness (QED) is 0.819. The number of nitrogens with one attached hydrogen (secondary N) is 1. The Morgan fingerprint density at radius 2 is 2.00 bits per heavy atom. The van der Waals surface area contributed by atoms with E-state index in [1.54, 1.807) is 0 Å². The summed E-state index contributed by atoms with van der Waals surface area (Å²) < 4.78 is 25.9. The number of ketones is 1. The van der Waals surface area contributed by atoms with Gasteiger partial charge in [-0.2, -0.15) is 0 Å². The average Bonchev–Trinajstić information content (AvgIpc) is 2.94. The summed E-state index contributed by atoms with van der Waals surface area (Å²) in [6, 6.07) is 2.70. The lowest BCUT2D eigenvalue weighted by atomic mass is 10.1. The van der Waals surface area contributed by atoms with Crippen molar-refractivity contribution in [1.29, 1.82) is 0 Å². The van der Waals surface area contributed by atoms with Gasteiger partial charge in [-0.05, 0) is 32.0 Å². The maximum atomic E-state index is 13.1. The summed E-state index contributed by atoms with van der Waals surface area (Å²) in [6.45, 7) is 3.69. The molecule has 0 aliphatic carbocycles. The van der Waals surface area contributed by atoms with Crippen molar-refractivity contribution in [3.8, 4) is 0 Å². The number of carbonyl (C=O) groups is 2. The number of aryl methyl sites for hydroxylation is 1. The van der Waals surface area contributed by atoms with Crippen LogP contribution in [-0.2, 0) is 4.79 Å². The van der Waals surface area contributed by atoms with Crippen molar-refractivity contribution in [2.24, 2.45) is 0 Å². The molecule has 0 aliphatic rings. The second-order valence-electron chi connectivity index (χ2n) is 5.13. The van der Waals surface area contributed by atoms with Crippen LogP contribution >= 0.6 is 11.3 Å². The third kappa shape index (κ3) is 4.66. The first-order valence-corrected chi connectivity index (χ1v) is 7.94. The van der Waals surface area contributed by atoms with E-state index in [-0.39, 0.29) is 30.4 Å². The van der Waals surface area contributed by atoms with E-state index in [0.29, 0.717) is 0 Å². The van der Waals surface area contributed by atoms with Crippen molar-refractivity contribution < 1.29 is 18.4 Å². The van der Waals surface area contributed by atoms with Gasteiger partial charge in [-0.25, -0.2) is 13.8 Å². The van der Waals surface area contributed by atoms with Gasteiger partial charge >= 0.3 is 0 Å². The third-order valence-corrected chi connectivity index (χ3v) is 4.07. The highest BCUT2D eigenvalue weighted by Gasteiger charge is 2.15. The molecular weight excluding hydrogens is 322 g/mol. The Labute approximate surface area is 136 Å². The van der Waals surface area contributed by atoms with Crippen molar-refractivity contribution in [3.63, 3.8) is 0 Å². The van der Waals surface area contributed by atoms with Gasteiger partial charge in [0.05, 0.1) is 16.7 Å². The maximum Gasteiger partial charge on any atom is 0.220 e. The van der Waals surface area contributed by atoms with Gasteiger partial charge in [-0.15, -0.1) is 11.3 Å². The van der Waals surface area contributed by atoms with Crippen LogP contribution in [0.4, 0.5) is 8.78 Å². The highest BCUT2D eigenvalue weighted by molar-refractivity contribution is 7.09. The number of amides is 1. The van der Waals surface area contributed by atoms with Gasteiger partial charge in [-0.1, -0.05) is 0 Å². The van der Waals surface area contributed by atoms with Crippen LogP contribution in [0.1, 0.15) is 46.9 Å². The van der Waals surface area contributed by atoms with E-state index in [0.717, 1.165) is 22.8 Å². The van der Waals surface area contributed by atoms with Gasteiger partial charge in [0.15, 0.2) is 17.4 Å².